The number of hydrogen-bond donors (Lipinski definition) is 3. The molecule has 0 aromatic carbocycles. The van der Waals surface area contributed by atoms with Crippen molar-refractivity contribution >= 4 is 17.7 Å². The van der Waals surface area contributed by atoms with Gasteiger partial charge >= 0.3 is 11.9 Å². The molecule has 1 rings (SSSR count). The second-order valence-electron chi connectivity index (χ2n) is 6.37. The Bertz CT molecular complexity index is 438. The minimum absolute atomic E-state index is 0.118. The Morgan fingerprint density at radius 3 is 2.35 bits per heavy atom. The standard InChI is InChI=1S/C16H26O7/c1-16(21,22)11-9-12(17)10(14(11)15(19)20)7-5-3-4-6-8-13(18)23-2/h10-11,14,21-22H,3-9H2,1-2H3,(H,19,20)/t10?,11-,14+/m1/s1. The number of ether oxygens (including phenoxy) is 1. The summed E-state index contributed by atoms with van der Waals surface area (Å²) in [5.74, 6) is -6.51. The summed E-state index contributed by atoms with van der Waals surface area (Å²) in [4.78, 5) is 34.4. The molecule has 7 nitrogen and oxygen atoms in total. The Morgan fingerprint density at radius 2 is 1.83 bits per heavy atom. The number of Topliss-reactive ketones (excluding diaryl/α,β-unsaturated/α-hetero) is 1. The first-order valence-corrected chi connectivity index (χ1v) is 7.95. The smallest absolute Gasteiger partial charge is 0.307 e. The predicted octanol–water partition coefficient (Wildman–Crippen LogP) is 1.11. The molecule has 1 saturated carbocycles. The fourth-order valence-electron chi connectivity index (χ4n) is 3.28. The van der Waals surface area contributed by atoms with Gasteiger partial charge in [-0.2, -0.15) is 0 Å². The summed E-state index contributed by atoms with van der Waals surface area (Å²) < 4.78 is 4.54. The Morgan fingerprint density at radius 1 is 1.22 bits per heavy atom. The summed E-state index contributed by atoms with van der Waals surface area (Å²) in [6, 6.07) is 0. The van der Waals surface area contributed by atoms with Crippen molar-refractivity contribution in [2.24, 2.45) is 17.8 Å². The van der Waals surface area contributed by atoms with Crippen molar-refractivity contribution in [2.45, 2.75) is 57.7 Å². The zero-order valence-corrected chi connectivity index (χ0v) is 13.7. The molecule has 1 aliphatic rings. The maximum atomic E-state index is 12.0. The second kappa shape index (κ2) is 8.40. The van der Waals surface area contributed by atoms with Gasteiger partial charge in [0.1, 0.15) is 5.78 Å². The number of hydrogen-bond acceptors (Lipinski definition) is 6. The highest BCUT2D eigenvalue weighted by Gasteiger charge is 2.52. The molecule has 3 N–H and O–H groups in total. The lowest BCUT2D eigenvalue weighted by Gasteiger charge is -2.28. The van der Waals surface area contributed by atoms with Gasteiger partial charge in [-0.15, -0.1) is 0 Å². The van der Waals surface area contributed by atoms with E-state index in [-0.39, 0.29) is 18.2 Å². The van der Waals surface area contributed by atoms with E-state index < -0.39 is 29.5 Å². The van der Waals surface area contributed by atoms with Crippen LogP contribution in [-0.4, -0.2) is 45.9 Å². The molecule has 1 aliphatic carbocycles. The maximum absolute atomic E-state index is 12.0. The molecule has 0 amide bonds. The number of carbonyl (C=O) groups is 3. The van der Waals surface area contributed by atoms with E-state index in [1.807, 2.05) is 0 Å². The van der Waals surface area contributed by atoms with Crippen LogP contribution in [0.4, 0.5) is 0 Å². The number of carboxylic acids is 1. The number of rotatable bonds is 9. The molecular weight excluding hydrogens is 304 g/mol. The van der Waals surface area contributed by atoms with E-state index in [0.717, 1.165) is 19.8 Å². The largest absolute Gasteiger partial charge is 0.481 e. The van der Waals surface area contributed by atoms with E-state index in [1.54, 1.807) is 0 Å². The van der Waals surface area contributed by atoms with Crippen molar-refractivity contribution in [1.29, 1.82) is 0 Å². The molecule has 0 saturated heterocycles. The fraction of sp³-hybridized carbons (Fsp3) is 0.812. The SMILES string of the molecule is COC(=O)CCCCCCC1C(=O)C[C@@H](C(C)(O)O)[C@H]1C(=O)O. The highest BCUT2D eigenvalue weighted by molar-refractivity contribution is 5.90. The van der Waals surface area contributed by atoms with E-state index in [2.05, 4.69) is 4.74 Å². The Labute approximate surface area is 135 Å². The summed E-state index contributed by atoms with van der Waals surface area (Å²) in [5.41, 5.74) is 0. The molecule has 0 spiro atoms. The van der Waals surface area contributed by atoms with E-state index >= 15 is 0 Å². The maximum Gasteiger partial charge on any atom is 0.307 e. The van der Waals surface area contributed by atoms with Crippen LogP contribution in [0.15, 0.2) is 0 Å². The average molecular weight is 330 g/mol. The first kappa shape index (κ1) is 19.6. The van der Waals surface area contributed by atoms with Gasteiger partial charge in [0.2, 0.25) is 0 Å². The van der Waals surface area contributed by atoms with Crippen LogP contribution >= 0.6 is 0 Å². The summed E-state index contributed by atoms with van der Waals surface area (Å²) in [6.45, 7) is 1.12. The number of carboxylic acid groups (broad SMARTS) is 1. The van der Waals surface area contributed by atoms with E-state index in [0.29, 0.717) is 25.7 Å². The molecule has 0 aromatic rings. The van der Waals surface area contributed by atoms with Crippen LogP contribution in [0.5, 0.6) is 0 Å². The third kappa shape index (κ3) is 5.58. The summed E-state index contributed by atoms with van der Waals surface area (Å²) in [6.07, 6.45) is 3.60. The molecule has 23 heavy (non-hydrogen) atoms. The summed E-state index contributed by atoms with van der Waals surface area (Å²) in [7, 11) is 1.34. The zero-order chi connectivity index (χ0) is 17.6. The van der Waals surface area contributed by atoms with E-state index in [9.17, 15) is 29.7 Å². The lowest BCUT2D eigenvalue weighted by Crippen LogP contribution is -2.40. The quantitative estimate of drug-likeness (QED) is 0.329. The molecule has 1 unspecified atom stereocenters. The van der Waals surface area contributed by atoms with Gasteiger partial charge in [0.25, 0.3) is 0 Å². The van der Waals surface area contributed by atoms with Crippen molar-refractivity contribution < 1.29 is 34.4 Å². The monoisotopic (exact) mass is 330 g/mol. The van der Waals surface area contributed by atoms with Crippen LogP contribution < -0.4 is 0 Å². The Balaban J connectivity index is 2.47. The second-order valence-corrected chi connectivity index (χ2v) is 6.37. The molecular formula is C16H26O7. The van der Waals surface area contributed by atoms with Crippen LogP contribution in [0.3, 0.4) is 0 Å². The van der Waals surface area contributed by atoms with Gasteiger partial charge in [-0.3, -0.25) is 14.4 Å². The normalized spacial score (nSPS) is 24.7. The van der Waals surface area contributed by atoms with E-state index in [4.69, 9.17) is 0 Å². The van der Waals surface area contributed by atoms with Gasteiger partial charge in [-0.05, 0) is 19.8 Å². The molecule has 3 atom stereocenters. The van der Waals surface area contributed by atoms with Crippen LogP contribution in [-0.2, 0) is 19.1 Å². The third-order valence-electron chi connectivity index (χ3n) is 4.56. The van der Waals surface area contributed by atoms with Gasteiger partial charge in [0.05, 0.1) is 13.0 Å². The number of aliphatic hydroxyl groups is 2. The number of unbranched alkanes of at least 4 members (excludes halogenated alkanes) is 3. The van der Waals surface area contributed by atoms with Gasteiger partial charge in [0, 0.05) is 24.7 Å². The minimum atomic E-state index is -2.17. The Kier molecular flexibility index (Phi) is 7.15. The van der Waals surface area contributed by atoms with Crippen molar-refractivity contribution in [2.75, 3.05) is 7.11 Å². The molecule has 0 heterocycles. The van der Waals surface area contributed by atoms with Crippen molar-refractivity contribution in [3.8, 4) is 0 Å². The first-order valence-electron chi connectivity index (χ1n) is 7.95. The molecule has 0 aromatic heterocycles. The molecule has 0 bridgehead atoms. The highest BCUT2D eigenvalue weighted by Crippen LogP contribution is 2.42. The molecule has 132 valence electrons. The summed E-state index contributed by atoms with van der Waals surface area (Å²) in [5, 5.41) is 28.7. The van der Waals surface area contributed by atoms with Gasteiger partial charge in [-0.1, -0.05) is 19.3 Å². The number of aliphatic carboxylic acids is 1. The highest BCUT2D eigenvalue weighted by atomic mass is 16.5. The molecule has 0 radical (unpaired) electrons. The first-order chi connectivity index (χ1) is 10.7. The van der Waals surface area contributed by atoms with E-state index in [1.165, 1.54) is 7.11 Å². The van der Waals surface area contributed by atoms with Crippen LogP contribution in [0.25, 0.3) is 0 Å². The topological polar surface area (TPSA) is 121 Å². The minimum Gasteiger partial charge on any atom is -0.481 e. The van der Waals surface area contributed by atoms with Crippen LogP contribution in [0.2, 0.25) is 0 Å². The van der Waals surface area contributed by atoms with Gasteiger partial charge < -0.3 is 20.1 Å². The average Bonchev–Trinajstić information content (AvgIpc) is 2.79. The number of carbonyl (C=O) groups excluding carboxylic acids is 2. The number of methoxy groups -OCH3 is 1. The number of esters is 1. The third-order valence-corrected chi connectivity index (χ3v) is 4.56. The predicted molar refractivity (Wildman–Crippen MR) is 80.3 cm³/mol. The van der Waals surface area contributed by atoms with Crippen molar-refractivity contribution in [3.63, 3.8) is 0 Å². The van der Waals surface area contributed by atoms with Crippen LogP contribution in [0.1, 0.15) is 51.9 Å². The summed E-state index contributed by atoms with van der Waals surface area (Å²) >= 11 is 0. The molecule has 7 heteroatoms. The zero-order valence-electron chi connectivity index (χ0n) is 13.7. The van der Waals surface area contributed by atoms with Crippen LogP contribution in [0, 0.1) is 17.8 Å². The lowest BCUT2D eigenvalue weighted by atomic mass is 9.82. The van der Waals surface area contributed by atoms with Crippen molar-refractivity contribution in [3.05, 3.63) is 0 Å². The van der Waals surface area contributed by atoms with Crippen molar-refractivity contribution in [1.82, 2.24) is 0 Å². The molecule has 1 fully saturated rings. The fourth-order valence-corrected chi connectivity index (χ4v) is 3.28. The Hall–Kier alpha value is -1.47. The van der Waals surface area contributed by atoms with Gasteiger partial charge in [-0.25, -0.2) is 0 Å². The molecule has 0 aliphatic heterocycles. The van der Waals surface area contributed by atoms with Gasteiger partial charge in [0.15, 0.2) is 5.79 Å². The number of ketones is 1. The lowest BCUT2D eigenvalue weighted by molar-refractivity contribution is -0.200.